The van der Waals surface area contributed by atoms with Gasteiger partial charge in [-0.05, 0) is 44.4 Å². The third kappa shape index (κ3) is 2.94. The summed E-state index contributed by atoms with van der Waals surface area (Å²) in [6, 6.07) is 0.420. The topological polar surface area (TPSA) is 40.5 Å². The van der Waals surface area contributed by atoms with Gasteiger partial charge in [-0.2, -0.15) is 0 Å². The zero-order valence-electron chi connectivity index (χ0n) is 9.32. The van der Waals surface area contributed by atoms with Crippen molar-refractivity contribution in [3.63, 3.8) is 0 Å². The Morgan fingerprint density at radius 2 is 2.13 bits per heavy atom. The van der Waals surface area contributed by atoms with Gasteiger partial charge >= 0.3 is 0 Å². The first-order valence-corrected chi connectivity index (χ1v) is 6.21. The summed E-state index contributed by atoms with van der Waals surface area (Å²) in [5.41, 5.74) is 0. The van der Waals surface area contributed by atoms with E-state index in [0.717, 1.165) is 38.6 Å². The van der Waals surface area contributed by atoms with Crippen molar-refractivity contribution >= 4 is 5.91 Å². The predicted octanol–water partition coefficient (Wildman–Crippen LogP) is 1.55. The molecular weight excluding hydrogens is 190 g/mol. The average molecular weight is 211 g/mol. The Labute approximate surface area is 91.5 Å². The van der Waals surface area contributed by atoms with Crippen molar-refractivity contribution in [2.45, 2.75) is 51.0 Å². The fraction of sp³-hybridized carbons (Fsp3) is 0.917. The second-order valence-electron chi connectivity index (χ2n) is 4.90. The van der Waals surface area contributed by atoms with E-state index < -0.39 is 0 Å². The summed E-state index contributed by atoms with van der Waals surface area (Å²) in [7, 11) is 0. The van der Waals surface area contributed by atoms with E-state index in [-0.39, 0.29) is 6.61 Å². The lowest BCUT2D eigenvalue weighted by molar-refractivity contribution is -0.132. The molecular formula is C12H21NO2. The number of aliphatic hydroxyl groups excluding tert-OH is 1. The molecule has 1 heterocycles. The number of hydrogen-bond acceptors (Lipinski definition) is 2. The lowest BCUT2D eigenvalue weighted by atomic mass is 10.1. The lowest BCUT2D eigenvalue weighted by Crippen LogP contribution is -2.35. The summed E-state index contributed by atoms with van der Waals surface area (Å²) in [4.78, 5) is 14.0. The molecule has 1 aliphatic carbocycles. The summed E-state index contributed by atoms with van der Waals surface area (Å²) >= 11 is 0. The zero-order valence-corrected chi connectivity index (χ0v) is 9.32. The van der Waals surface area contributed by atoms with Gasteiger partial charge in [0.2, 0.25) is 5.91 Å². The Morgan fingerprint density at radius 1 is 1.33 bits per heavy atom. The van der Waals surface area contributed by atoms with E-state index in [1.54, 1.807) is 0 Å². The molecule has 1 unspecified atom stereocenters. The Bertz CT molecular complexity index is 226. The number of hydrogen-bond donors (Lipinski definition) is 1. The molecule has 1 atom stereocenters. The Hall–Kier alpha value is -0.570. The van der Waals surface area contributed by atoms with Gasteiger partial charge in [0.1, 0.15) is 0 Å². The van der Waals surface area contributed by atoms with Crippen molar-refractivity contribution < 1.29 is 9.90 Å². The summed E-state index contributed by atoms with van der Waals surface area (Å²) in [5, 5.41) is 8.80. The van der Waals surface area contributed by atoms with Crippen LogP contribution in [0, 0.1) is 5.92 Å². The highest BCUT2D eigenvalue weighted by molar-refractivity contribution is 5.77. The van der Waals surface area contributed by atoms with E-state index >= 15 is 0 Å². The minimum Gasteiger partial charge on any atom is -0.396 e. The largest absolute Gasteiger partial charge is 0.396 e. The molecule has 2 aliphatic rings. The minimum absolute atomic E-state index is 0.251. The number of aliphatic hydroxyl groups is 1. The molecule has 1 amide bonds. The van der Waals surface area contributed by atoms with Crippen LogP contribution in [0.5, 0.6) is 0 Å². The van der Waals surface area contributed by atoms with Crippen molar-refractivity contribution in [2.24, 2.45) is 5.92 Å². The van der Waals surface area contributed by atoms with Crippen LogP contribution in [-0.2, 0) is 4.79 Å². The van der Waals surface area contributed by atoms with Crippen molar-refractivity contribution in [1.29, 1.82) is 0 Å². The van der Waals surface area contributed by atoms with Gasteiger partial charge < -0.3 is 10.0 Å². The molecule has 3 heteroatoms. The van der Waals surface area contributed by atoms with Crippen LogP contribution < -0.4 is 0 Å². The smallest absolute Gasteiger partial charge is 0.223 e. The maximum atomic E-state index is 11.9. The van der Waals surface area contributed by atoms with E-state index in [9.17, 15) is 4.79 Å². The van der Waals surface area contributed by atoms with Gasteiger partial charge in [-0.15, -0.1) is 0 Å². The molecule has 1 aliphatic heterocycles. The van der Waals surface area contributed by atoms with Gasteiger partial charge in [-0.1, -0.05) is 0 Å². The SMILES string of the molecule is O=C(CC1CC1)N1CCCC1CCCO. The molecule has 1 saturated carbocycles. The van der Waals surface area contributed by atoms with Crippen LogP contribution in [0.3, 0.4) is 0 Å². The van der Waals surface area contributed by atoms with Crippen LogP contribution >= 0.6 is 0 Å². The van der Waals surface area contributed by atoms with Crippen LogP contribution in [0.4, 0.5) is 0 Å². The molecule has 1 saturated heterocycles. The maximum Gasteiger partial charge on any atom is 0.223 e. The highest BCUT2D eigenvalue weighted by atomic mass is 16.3. The average Bonchev–Trinajstić information content (AvgIpc) is 2.91. The van der Waals surface area contributed by atoms with Crippen molar-refractivity contribution in [2.75, 3.05) is 13.2 Å². The molecule has 1 N–H and O–H groups in total. The number of rotatable bonds is 5. The van der Waals surface area contributed by atoms with E-state index in [1.807, 2.05) is 0 Å². The molecule has 2 rings (SSSR count). The fourth-order valence-electron chi connectivity index (χ4n) is 2.48. The van der Waals surface area contributed by atoms with Crippen molar-refractivity contribution in [3.8, 4) is 0 Å². The second-order valence-corrected chi connectivity index (χ2v) is 4.90. The minimum atomic E-state index is 0.251. The molecule has 15 heavy (non-hydrogen) atoms. The Morgan fingerprint density at radius 3 is 2.80 bits per heavy atom. The van der Waals surface area contributed by atoms with Crippen molar-refractivity contribution in [1.82, 2.24) is 4.90 Å². The van der Waals surface area contributed by atoms with E-state index in [1.165, 1.54) is 12.8 Å². The van der Waals surface area contributed by atoms with Crippen LogP contribution in [0.15, 0.2) is 0 Å². The van der Waals surface area contributed by atoms with E-state index in [0.29, 0.717) is 17.9 Å². The maximum absolute atomic E-state index is 11.9. The van der Waals surface area contributed by atoms with E-state index in [4.69, 9.17) is 5.11 Å². The molecule has 0 bridgehead atoms. The predicted molar refractivity (Wildman–Crippen MR) is 58.4 cm³/mol. The van der Waals surface area contributed by atoms with Gasteiger partial charge in [0, 0.05) is 25.6 Å². The molecule has 0 aromatic heterocycles. The standard InChI is InChI=1S/C12H21NO2/c14-8-2-4-11-3-1-7-13(11)12(15)9-10-5-6-10/h10-11,14H,1-9H2. The molecule has 86 valence electrons. The normalized spacial score (nSPS) is 25.9. The third-order valence-corrected chi connectivity index (χ3v) is 3.55. The van der Waals surface area contributed by atoms with Gasteiger partial charge in [-0.25, -0.2) is 0 Å². The summed E-state index contributed by atoms with van der Waals surface area (Å²) in [5.74, 6) is 1.05. The van der Waals surface area contributed by atoms with Crippen LogP contribution in [-0.4, -0.2) is 35.1 Å². The molecule has 0 radical (unpaired) electrons. The monoisotopic (exact) mass is 211 g/mol. The molecule has 0 spiro atoms. The summed E-state index contributed by atoms with van der Waals surface area (Å²) < 4.78 is 0. The number of nitrogens with zero attached hydrogens (tertiary/aromatic N) is 1. The van der Waals surface area contributed by atoms with Gasteiger partial charge in [-0.3, -0.25) is 4.79 Å². The van der Waals surface area contributed by atoms with Crippen LogP contribution in [0.1, 0.15) is 44.9 Å². The third-order valence-electron chi connectivity index (χ3n) is 3.55. The summed E-state index contributed by atoms with van der Waals surface area (Å²) in [6.45, 7) is 1.20. The van der Waals surface area contributed by atoms with Gasteiger partial charge in [0.25, 0.3) is 0 Å². The molecule has 3 nitrogen and oxygen atoms in total. The number of carbonyl (C=O) groups is 1. The first-order chi connectivity index (χ1) is 7.31. The quantitative estimate of drug-likeness (QED) is 0.749. The fourth-order valence-corrected chi connectivity index (χ4v) is 2.48. The zero-order chi connectivity index (χ0) is 10.7. The number of likely N-dealkylation sites (tertiary alicyclic amines) is 1. The molecule has 0 aromatic carbocycles. The van der Waals surface area contributed by atoms with Gasteiger partial charge in [0.15, 0.2) is 0 Å². The number of carbonyl (C=O) groups excluding carboxylic acids is 1. The van der Waals surface area contributed by atoms with Crippen molar-refractivity contribution in [3.05, 3.63) is 0 Å². The van der Waals surface area contributed by atoms with Crippen LogP contribution in [0.2, 0.25) is 0 Å². The summed E-state index contributed by atoms with van der Waals surface area (Å²) in [6.07, 6.45) is 7.37. The van der Waals surface area contributed by atoms with Crippen LogP contribution in [0.25, 0.3) is 0 Å². The lowest BCUT2D eigenvalue weighted by Gasteiger charge is -2.24. The Balaban J connectivity index is 1.79. The highest BCUT2D eigenvalue weighted by Gasteiger charge is 2.32. The van der Waals surface area contributed by atoms with E-state index in [2.05, 4.69) is 4.90 Å². The first kappa shape index (κ1) is 10.9. The highest BCUT2D eigenvalue weighted by Crippen LogP contribution is 2.34. The Kier molecular flexibility index (Phi) is 3.62. The van der Waals surface area contributed by atoms with Gasteiger partial charge in [0.05, 0.1) is 0 Å². The first-order valence-electron chi connectivity index (χ1n) is 6.21. The molecule has 0 aromatic rings. The molecule has 2 fully saturated rings. The second kappa shape index (κ2) is 4.97. The number of amides is 1.